The third-order valence-corrected chi connectivity index (χ3v) is 0.442. The van der Waals surface area contributed by atoms with Crippen LogP contribution < -0.4 is 0 Å². The molecule has 0 saturated carbocycles. The maximum atomic E-state index is 9.51. The van der Waals surface area contributed by atoms with Crippen LogP contribution in [-0.4, -0.2) is 22.5 Å². The maximum Gasteiger partial charge on any atom is 0 e. The SMILES string of the molecule is O=C(O)OC1(O)OO1.[La].[La].[O]=[Y].[Y]. The van der Waals surface area contributed by atoms with Crippen LogP contribution in [0.3, 0.4) is 0 Å². The van der Waals surface area contributed by atoms with Crippen LogP contribution in [0.15, 0.2) is 0 Å². The minimum Gasteiger partial charge on any atom is 0 e. The van der Waals surface area contributed by atoms with E-state index >= 15 is 0 Å². The van der Waals surface area contributed by atoms with E-state index in [2.05, 4.69) is 14.5 Å². The number of hydrogen-bond donors (Lipinski definition) is 2. The maximum absolute atomic E-state index is 9.51. The molecule has 1 rings (SSSR count). The summed E-state index contributed by atoms with van der Waals surface area (Å²) in [6.07, 6.45) is -3.99. The van der Waals surface area contributed by atoms with E-state index in [1.54, 1.807) is 0 Å². The molecule has 3 radical (unpaired) electrons. The van der Waals surface area contributed by atoms with Crippen molar-refractivity contribution in [2.24, 2.45) is 0 Å². The molecule has 7 nitrogen and oxygen atoms in total. The smallest absolute Gasteiger partial charge is 0 e. The summed E-state index contributed by atoms with van der Waals surface area (Å²) < 4.78 is 12.0. The molecule has 0 amide bonds. The van der Waals surface area contributed by atoms with Crippen LogP contribution in [0.5, 0.6) is 0 Å². The largest absolute Gasteiger partial charge is 0 e. The molecule has 1 heterocycles. The molecule has 64 valence electrons. The summed E-state index contributed by atoms with van der Waals surface area (Å²) in [5.74, 6) is 0. The van der Waals surface area contributed by atoms with Crippen molar-refractivity contribution in [3.05, 3.63) is 0 Å². The first-order chi connectivity index (χ1) is 4.62. The van der Waals surface area contributed by atoms with Crippen LogP contribution >= 0.6 is 0 Å². The van der Waals surface area contributed by atoms with Gasteiger partial charge in [-0.3, -0.25) is 0 Å². The minimum atomic E-state index is -2.33. The van der Waals surface area contributed by atoms with Crippen molar-refractivity contribution < 1.29 is 166 Å². The van der Waals surface area contributed by atoms with Gasteiger partial charge in [-0.2, -0.15) is 0 Å². The Morgan fingerprint density at radius 3 is 1.69 bits per heavy atom. The molecule has 0 unspecified atom stereocenters. The molecule has 1 aliphatic heterocycles. The van der Waals surface area contributed by atoms with Gasteiger partial charge in [0.2, 0.25) is 0 Å². The number of carbonyl (C=O) groups is 1. The van der Waals surface area contributed by atoms with Crippen LogP contribution in [0, 0.1) is 71.2 Å². The fraction of sp³-hybridized carbons (Fsp3) is 0.500. The second-order valence-electron chi connectivity index (χ2n) is 1.06. The molecule has 0 bridgehead atoms. The second kappa shape index (κ2) is 13.6. The first-order valence-corrected chi connectivity index (χ1v) is 3.03. The number of carboxylic acid groups (broad SMARTS) is 1. The van der Waals surface area contributed by atoms with Crippen molar-refractivity contribution in [1.82, 2.24) is 0 Å². The Hall–Kier alpha value is 3.55. The third kappa shape index (κ3) is 15.5. The zero-order valence-electron chi connectivity index (χ0n) is 6.25. The molecule has 0 aromatic rings. The number of ether oxygens (including phenoxy) is 1. The minimum absolute atomic E-state index is 0. The Morgan fingerprint density at radius 1 is 1.31 bits per heavy atom. The van der Waals surface area contributed by atoms with Gasteiger partial charge in [-0.1, -0.05) is 0 Å². The summed E-state index contributed by atoms with van der Waals surface area (Å²) >= 11 is 0.100. The van der Waals surface area contributed by atoms with Gasteiger partial charge in [-0.25, -0.2) is 4.79 Å². The molecule has 11 heteroatoms. The second-order valence-corrected chi connectivity index (χ2v) is 1.06. The van der Waals surface area contributed by atoms with E-state index in [4.69, 9.17) is 12.3 Å². The summed E-state index contributed by atoms with van der Waals surface area (Å²) in [5.41, 5.74) is 0. The zero-order valence-corrected chi connectivity index (χ0v) is 19.2. The van der Waals surface area contributed by atoms with E-state index in [9.17, 15) is 4.79 Å². The molecular formula is C2H2La2O7Y2. The number of hydrogen-bond acceptors (Lipinski definition) is 6. The number of aliphatic hydroxyl groups is 1. The summed E-state index contributed by atoms with van der Waals surface area (Å²) in [6, 6.07) is 0. The Morgan fingerprint density at radius 2 is 1.62 bits per heavy atom. The molecule has 2 N–H and O–H groups in total. The molecule has 1 fully saturated rings. The first-order valence-electron chi connectivity index (χ1n) is 1.87. The van der Waals surface area contributed by atoms with Crippen molar-refractivity contribution in [3.63, 3.8) is 0 Å². The standard InChI is InChI=1S/C2H2O6.2La.O.2Y/c3-1(4)6-2(5)7-8-2;;;;;/h5H,(H,3,4);;;;;. The molecule has 0 atom stereocenters. The zero-order chi connectivity index (χ0) is 8.20. The van der Waals surface area contributed by atoms with Crippen molar-refractivity contribution >= 4 is 6.16 Å². The van der Waals surface area contributed by atoms with Gasteiger partial charge in [0.25, 0.3) is 0 Å². The van der Waals surface area contributed by atoms with Crippen LogP contribution in [0.4, 0.5) is 4.79 Å². The molecule has 0 aromatic heterocycles. The van der Waals surface area contributed by atoms with E-state index < -0.39 is 12.3 Å². The fourth-order valence-electron chi connectivity index (χ4n) is 0.180. The van der Waals surface area contributed by atoms with Crippen LogP contribution in [0.25, 0.3) is 0 Å². The predicted molar refractivity (Wildman–Crippen MR) is 16.9 cm³/mol. The van der Waals surface area contributed by atoms with Gasteiger partial charge in [0.05, 0.1) is 0 Å². The summed E-state index contributed by atoms with van der Waals surface area (Å²) in [4.78, 5) is 16.8. The molecular weight excluding hydrogens is 592 g/mol. The third-order valence-electron chi connectivity index (χ3n) is 0.442. The van der Waals surface area contributed by atoms with E-state index in [1.807, 2.05) is 0 Å². The Kier molecular flexibility index (Phi) is 26.6. The molecule has 0 spiro atoms. The van der Waals surface area contributed by atoms with E-state index in [0.29, 0.717) is 0 Å². The van der Waals surface area contributed by atoms with Gasteiger partial charge in [-0.05, 0) is 0 Å². The van der Waals surface area contributed by atoms with Gasteiger partial charge in [0, 0.05) is 104 Å². The first kappa shape index (κ1) is 25.4. The van der Waals surface area contributed by atoms with Crippen molar-refractivity contribution in [3.8, 4) is 0 Å². The van der Waals surface area contributed by atoms with Crippen LogP contribution in [0.1, 0.15) is 0 Å². The summed E-state index contributed by atoms with van der Waals surface area (Å²) in [7, 11) is 0. The van der Waals surface area contributed by atoms with Gasteiger partial charge in [0.15, 0.2) is 0 Å². The van der Waals surface area contributed by atoms with Crippen LogP contribution in [0.2, 0.25) is 0 Å². The summed E-state index contributed by atoms with van der Waals surface area (Å²) in [5, 5.41) is 16.0. The van der Waals surface area contributed by atoms with E-state index in [1.165, 1.54) is 0 Å². The molecule has 0 aliphatic carbocycles. The van der Waals surface area contributed by atoms with E-state index in [0.717, 1.165) is 0 Å². The molecule has 0 aromatic carbocycles. The fourth-order valence-corrected chi connectivity index (χ4v) is 0.180. The molecule has 1 saturated heterocycles. The van der Waals surface area contributed by atoms with Crippen molar-refractivity contribution in [1.29, 1.82) is 0 Å². The average Bonchev–Trinajstić information content (AvgIpc) is 2.51. The quantitative estimate of drug-likeness (QED) is 0.176. The van der Waals surface area contributed by atoms with Crippen molar-refractivity contribution in [2.75, 3.05) is 0 Å². The van der Waals surface area contributed by atoms with Gasteiger partial charge in [-0.15, -0.1) is 9.78 Å². The van der Waals surface area contributed by atoms with Gasteiger partial charge < -0.3 is 14.9 Å². The summed E-state index contributed by atoms with van der Waals surface area (Å²) in [6.45, 7) is 0. The van der Waals surface area contributed by atoms with Crippen LogP contribution in [-0.2, 0) is 80.3 Å². The van der Waals surface area contributed by atoms with Gasteiger partial charge >= 0.3 is 45.4 Å². The molecule has 13 heavy (non-hydrogen) atoms. The number of rotatable bonds is 1. The molecule has 1 aliphatic rings. The predicted octanol–water partition coefficient (Wildman–Crippen LogP) is -0.877. The van der Waals surface area contributed by atoms with Gasteiger partial charge in [0.1, 0.15) is 0 Å². The normalized spacial score (nSPS) is 14.1. The Balaban J connectivity index is -0.0000000761. The van der Waals surface area contributed by atoms with E-state index in [-0.39, 0.29) is 135 Å². The topological polar surface area (TPSA) is 109 Å². The monoisotopic (exact) mass is 594 g/mol. The average molecular weight is 594 g/mol. The Bertz CT molecular complexity index is 140. The Labute approximate surface area is 174 Å². The van der Waals surface area contributed by atoms with Crippen molar-refractivity contribution in [2.45, 2.75) is 6.16 Å².